The Morgan fingerprint density at radius 1 is 1.02 bits per heavy atom. The van der Waals surface area contributed by atoms with E-state index in [0.29, 0.717) is 40.7 Å². The molecule has 0 aromatic heterocycles. The van der Waals surface area contributed by atoms with Gasteiger partial charge in [0.25, 0.3) is 11.8 Å². The first-order valence-electron chi connectivity index (χ1n) is 12.0. The summed E-state index contributed by atoms with van der Waals surface area (Å²) < 4.78 is 69.8. The third-order valence-electron chi connectivity index (χ3n) is 5.46. The van der Waals surface area contributed by atoms with E-state index >= 15 is 0 Å². The highest BCUT2D eigenvalue weighted by molar-refractivity contribution is 7.92. The lowest BCUT2D eigenvalue weighted by Crippen LogP contribution is -2.39. The second-order valence-corrected chi connectivity index (χ2v) is 11.0. The van der Waals surface area contributed by atoms with E-state index in [1.807, 2.05) is 30.3 Å². The number of ether oxygens (including phenoxy) is 1. The number of alkyl halides is 3. The van der Waals surface area contributed by atoms with Crippen molar-refractivity contribution < 1.29 is 35.9 Å². The number of nitrogens with zero attached hydrogens (tertiary/aromatic N) is 2. The normalized spacial score (nSPS) is 11.7. The molecule has 0 atom stereocenters. The molecule has 0 fully saturated rings. The zero-order valence-electron chi connectivity index (χ0n) is 21.7. The van der Waals surface area contributed by atoms with Crippen LogP contribution in [0.25, 0.3) is 0 Å². The molecule has 0 radical (unpaired) electrons. The minimum atomic E-state index is -4.75. The molecule has 3 aromatic rings. The molecule has 0 aliphatic rings. The summed E-state index contributed by atoms with van der Waals surface area (Å²) in [5.41, 5.74) is 2.15. The second kappa shape index (κ2) is 14.0. The first-order chi connectivity index (χ1) is 19.3. The van der Waals surface area contributed by atoms with Crippen molar-refractivity contribution in [1.29, 1.82) is 0 Å². The second-order valence-electron chi connectivity index (χ2n) is 8.67. The molecule has 14 heteroatoms. The minimum Gasteiger partial charge on any atom is -0.484 e. The van der Waals surface area contributed by atoms with Gasteiger partial charge in [0.2, 0.25) is 10.0 Å². The zero-order chi connectivity index (χ0) is 30.0. The molecule has 0 heterocycles. The van der Waals surface area contributed by atoms with Crippen molar-refractivity contribution in [2.24, 2.45) is 5.10 Å². The van der Waals surface area contributed by atoms with Crippen LogP contribution in [-0.2, 0) is 32.2 Å². The van der Waals surface area contributed by atoms with Gasteiger partial charge in [-0.25, -0.2) is 13.8 Å². The lowest BCUT2D eigenvalue weighted by molar-refractivity contribution is -0.137. The van der Waals surface area contributed by atoms with Crippen LogP contribution in [0.4, 0.5) is 18.9 Å². The third kappa shape index (κ3) is 10.1. The van der Waals surface area contributed by atoms with E-state index in [-0.39, 0.29) is 17.5 Å². The van der Waals surface area contributed by atoms with E-state index in [4.69, 9.17) is 16.3 Å². The molecule has 218 valence electrons. The molecule has 2 amide bonds. The Bertz CT molecular complexity index is 1490. The van der Waals surface area contributed by atoms with Gasteiger partial charge in [0.05, 0.1) is 28.7 Å². The molecule has 3 aromatic carbocycles. The van der Waals surface area contributed by atoms with Gasteiger partial charge in [-0.3, -0.25) is 13.9 Å². The Balaban J connectivity index is 1.50. The maximum absolute atomic E-state index is 13.1. The fourth-order valence-electron chi connectivity index (χ4n) is 3.45. The first-order valence-corrected chi connectivity index (χ1v) is 14.3. The summed E-state index contributed by atoms with van der Waals surface area (Å²) in [7, 11) is -4.18. The van der Waals surface area contributed by atoms with Crippen LogP contribution in [0, 0.1) is 0 Å². The van der Waals surface area contributed by atoms with Crippen LogP contribution in [-0.4, -0.2) is 52.4 Å². The highest BCUT2D eigenvalue weighted by Crippen LogP contribution is 2.36. The van der Waals surface area contributed by atoms with Crippen LogP contribution < -0.4 is 19.8 Å². The molecule has 3 rings (SSSR count). The predicted octanol–water partition coefficient (Wildman–Crippen LogP) is 4.01. The number of anilines is 1. The SMILES string of the molecule is CS(=O)(=O)N(CC(=O)N/N=C\c1ccc(OCC(=O)NCCc2ccccc2)cc1)c1cc(C(F)(F)F)ccc1Cl. The maximum Gasteiger partial charge on any atom is 0.416 e. The van der Waals surface area contributed by atoms with Gasteiger partial charge in [0.1, 0.15) is 12.3 Å². The number of carbonyl (C=O) groups is 2. The molecule has 0 saturated carbocycles. The molecular formula is C27H26ClF3N4O5S. The van der Waals surface area contributed by atoms with Crippen LogP contribution in [0.1, 0.15) is 16.7 Å². The number of carbonyl (C=O) groups excluding carboxylic acids is 2. The van der Waals surface area contributed by atoms with E-state index < -0.39 is 39.9 Å². The number of halogens is 4. The maximum atomic E-state index is 13.1. The van der Waals surface area contributed by atoms with Crippen molar-refractivity contribution in [3.8, 4) is 5.75 Å². The molecule has 0 aliphatic carbocycles. The summed E-state index contributed by atoms with van der Waals surface area (Å²) in [6.07, 6.45) is -2.05. The topological polar surface area (TPSA) is 117 Å². The van der Waals surface area contributed by atoms with Gasteiger partial charge in [0, 0.05) is 6.54 Å². The number of sulfonamides is 1. The molecule has 2 N–H and O–H groups in total. The smallest absolute Gasteiger partial charge is 0.416 e. The molecular weight excluding hydrogens is 585 g/mol. The van der Waals surface area contributed by atoms with Crippen molar-refractivity contribution in [1.82, 2.24) is 10.7 Å². The van der Waals surface area contributed by atoms with Gasteiger partial charge >= 0.3 is 6.18 Å². The van der Waals surface area contributed by atoms with Gasteiger partial charge < -0.3 is 10.1 Å². The lowest BCUT2D eigenvalue weighted by atomic mass is 10.1. The highest BCUT2D eigenvalue weighted by atomic mass is 35.5. The Labute approximate surface area is 240 Å². The largest absolute Gasteiger partial charge is 0.484 e. The first kappa shape index (κ1) is 31.4. The van der Waals surface area contributed by atoms with Crippen LogP contribution in [0.2, 0.25) is 5.02 Å². The van der Waals surface area contributed by atoms with E-state index in [1.54, 1.807) is 24.3 Å². The van der Waals surface area contributed by atoms with Crippen molar-refractivity contribution in [3.05, 3.63) is 94.5 Å². The van der Waals surface area contributed by atoms with Gasteiger partial charge in [-0.05, 0) is 60.0 Å². The van der Waals surface area contributed by atoms with Crippen molar-refractivity contribution in [3.63, 3.8) is 0 Å². The van der Waals surface area contributed by atoms with Gasteiger partial charge in [0.15, 0.2) is 6.61 Å². The summed E-state index contributed by atoms with van der Waals surface area (Å²) in [4.78, 5) is 24.4. The Morgan fingerprint density at radius 2 is 1.71 bits per heavy atom. The summed E-state index contributed by atoms with van der Waals surface area (Å²) in [5, 5.41) is 6.24. The summed E-state index contributed by atoms with van der Waals surface area (Å²) in [6.45, 7) is -0.565. The number of hydrogen-bond acceptors (Lipinski definition) is 6. The fraction of sp³-hybridized carbons (Fsp3) is 0.222. The highest BCUT2D eigenvalue weighted by Gasteiger charge is 2.33. The number of hydrogen-bond donors (Lipinski definition) is 2. The van der Waals surface area contributed by atoms with Gasteiger partial charge in [-0.2, -0.15) is 18.3 Å². The van der Waals surface area contributed by atoms with Gasteiger partial charge in [-0.1, -0.05) is 41.9 Å². The average Bonchev–Trinajstić information content (AvgIpc) is 2.91. The fourth-order valence-corrected chi connectivity index (χ4v) is 4.58. The van der Waals surface area contributed by atoms with E-state index in [9.17, 15) is 31.2 Å². The molecule has 0 saturated heterocycles. The van der Waals surface area contributed by atoms with Crippen molar-refractivity contribution in [2.75, 3.05) is 30.3 Å². The third-order valence-corrected chi connectivity index (χ3v) is 6.91. The van der Waals surface area contributed by atoms with E-state index in [1.165, 1.54) is 6.21 Å². The van der Waals surface area contributed by atoms with Crippen LogP contribution in [0.3, 0.4) is 0 Å². The number of nitrogens with one attached hydrogen (secondary N) is 2. The predicted molar refractivity (Wildman–Crippen MR) is 149 cm³/mol. The molecule has 41 heavy (non-hydrogen) atoms. The molecule has 0 unspecified atom stereocenters. The number of amides is 2. The quantitative estimate of drug-likeness (QED) is 0.237. The zero-order valence-corrected chi connectivity index (χ0v) is 23.3. The summed E-state index contributed by atoms with van der Waals surface area (Å²) in [5.74, 6) is -0.770. The standard InChI is InChI=1S/C27H26ClF3N4O5S/c1-41(38,39)35(24-15-21(27(29,30)31)9-12-23(24)28)17-25(36)34-33-16-20-7-10-22(11-8-20)40-18-26(37)32-14-13-19-5-3-2-4-6-19/h2-12,15-16H,13-14,17-18H2,1H3,(H,32,37)(H,34,36)/b33-16-. The van der Waals surface area contributed by atoms with Crippen molar-refractivity contribution in [2.45, 2.75) is 12.6 Å². The van der Waals surface area contributed by atoms with E-state index in [2.05, 4.69) is 15.8 Å². The molecule has 0 bridgehead atoms. The van der Waals surface area contributed by atoms with Crippen molar-refractivity contribution >= 4 is 45.3 Å². The van der Waals surface area contributed by atoms with Gasteiger partial charge in [-0.15, -0.1) is 0 Å². The van der Waals surface area contributed by atoms with E-state index in [0.717, 1.165) is 17.9 Å². The summed E-state index contributed by atoms with van der Waals surface area (Å²) in [6, 6.07) is 18.2. The molecule has 0 aliphatic heterocycles. The molecule has 9 nitrogen and oxygen atoms in total. The Hall–Kier alpha value is -4.10. The summed E-state index contributed by atoms with van der Waals surface area (Å²) >= 11 is 5.95. The number of hydrazone groups is 1. The number of benzene rings is 3. The monoisotopic (exact) mass is 610 g/mol. The number of rotatable bonds is 12. The van der Waals surface area contributed by atoms with Crippen LogP contribution in [0.15, 0.2) is 77.9 Å². The Morgan fingerprint density at radius 3 is 2.34 bits per heavy atom. The minimum absolute atomic E-state index is 0.176. The van der Waals surface area contributed by atoms with Crippen LogP contribution in [0.5, 0.6) is 5.75 Å². The molecule has 0 spiro atoms. The lowest BCUT2D eigenvalue weighted by Gasteiger charge is -2.23. The van der Waals surface area contributed by atoms with Crippen LogP contribution >= 0.6 is 11.6 Å². The average molecular weight is 611 g/mol. The Kier molecular flexibility index (Phi) is 10.7.